The molecule has 4 nitrogen and oxygen atoms in total. The maximum atomic E-state index is 7.39. The highest BCUT2D eigenvalue weighted by Crippen LogP contribution is 2.24. The molecule has 2 aliphatic rings. The maximum Gasteiger partial charge on any atom is 0.144 e. The molecule has 11 heavy (non-hydrogen) atoms. The molecule has 0 aliphatic carbocycles. The molecular weight excluding hydrogens is 144 g/mol. The van der Waals surface area contributed by atoms with Gasteiger partial charge in [0.2, 0.25) is 0 Å². The van der Waals surface area contributed by atoms with Gasteiger partial charge in [-0.15, -0.1) is 0 Å². The van der Waals surface area contributed by atoms with Crippen LogP contribution in [0.5, 0.6) is 0 Å². The first-order valence-corrected chi connectivity index (χ1v) is 3.98. The fraction of sp³-hybridized carbons (Fsp3) is 1.00. The first kappa shape index (κ1) is 7.49. The van der Waals surface area contributed by atoms with Gasteiger partial charge in [-0.25, -0.2) is 5.73 Å². The Labute approximate surface area is 66.0 Å². The van der Waals surface area contributed by atoms with Gasteiger partial charge < -0.3 is 14.8 Å². The summed E-state index contributed by atoms with van der Waals surface area (Å²) in [5.41, 5.74) is 7.21. The molecular formula is C7H13N2O2. The third-order valence-corrected chi connectivity index (χ3v) is 2.23. The molecule has 1 radical (unpaired) electrons. The van der Waals surface area contributed by atoms with Gasteiger partial charge in [0, 0.05) is 6.54 Å². The Kier molecular flexibility index (Phi) is 1.85. The van der Waals surface area contributed by atoms with Crippen LogP contribution >= 0.6 is 0 Å². The van der Waals surface area contributed by atoms with Gasteiger partial charge in [-0.1, -0.05) is 0 Å². The molecule has 0 aromatic rings. The number of hydrogen-bond acceptors (Lipinski definition) is 3. The van der Waals surface area contributed by atoms with Crippen LogP contribution < -0.4 is 11.1 Å². The Morgan fingerprint density at radius 3 is 3.09 bits per heavy atom. The van der Waals surface area contributed by atoms with Gasteiger partial charge >= 0.3 is 0 Å². The van der Waals surface area contributed by atoms with Crippen LogP contribution in [0.3, 0.4) is 0 Å². The van der Waals surface area contributed by atoms with Gasteiger partial charge in [0.1, 0.15) is 11.8 Å². The second kappa shape index (κ2) is 2.71. The third kappa shape index (κ3) is 1.39. The molecule has 0 amide bonds. The van der Waals surface area contributed by atoms with Crippen LogP contribution in [0.25, 0.3) is 0 Å². The molecule has 2 atom stereocenters. The largest absolute Gasteiger partial charge is 0.374 e. The monoisotopic (exact) mass is 157 g/mol. The smallest absolute Gasteiger partial charge is 0.144 e. The second-order valence-electron chi connectivity index (χ2n) is 3.23. The van der Waals surface area contributed by atoms with E-state index in [9.17, 15) is 0 Å². The van der Waals surface area contributed by atoms with Gasteiger partial charge in [-0.2, -0.15) is 0 Å². The number of ether oxygens (including phenoxy) is 2. The van der Waals surface area contributed by atoms with E-state index in [1.165, 1.54) is 0 Å². The van der Waals surface area contributed by atoms with Crippen LogP contribution in [0.2, 0.25) is 0 Å². The van der Waals surface area contributed by atoms with Gasteiger partial charge in [0.05, 0.1) is 13.2 Å². The molecule has 2 fully saturated rings. The molecule has 2 saturated heterocycles. The lowest BCUT2D eigenvalue weighted by molar-refractivity contribution is -0.189. The van der Waals surface area contributed by atoms with Crippen LogP contribution in [-0.4, -0.2) is 38.1 Å². The highest BCUT2D eigenvalue weighted by Gasteiger charge is 2.39. The van der Waals surface area contributed by atoms with Gasteiger partial charge in [0.15, 0.2) is 0 Å². The Balaban J connectivity index is 2.00. The summed E-state index contributed by atoms with van der Waals surface area (Å²) >= 11 is 0. The van der Waals surface area contributed by atoms with Gasteiger partial charge in [-0.05, 0) is 13.0 Å². The zero-order valence-electron chi connectivity index (χ0n) is 6.43. The topological polar surface area (TPSA) is 54.3 Å². The average molecular weight is 157 g/mol. The molecule has 4 heteroatoms. The van der Waals surface area contributed by atoms with Crippen molar-refractivity contribution >= 4 is 0 Å². The van der Waals surface area contributed by atoms with Crippen molar-refractivity contribution in [3.05, 3.63) is 0 Å². The minimum Gasteiger partial charge on any atom is -0.374 e. The summed E-state index contributed by atoms with van der Waals surface area (Å²) in [7, 11) is 0. The van der Waals surface area contributed by atoms with Crippen molar-refractivity contribution < 1.29 is 9.47 Å². The predicted octanol–water partition coefficient (Wildman–Crippen LogP) is -0.626. The van der Waals surface area contributed by atoms with Crippen molar-refractivity contribution in [1.82, 2.24) is 11.1 Å². The highest BCUT2D eigenvalue weighted by molar-refractivity contribution is 4.91. The number of rotatable bonds is 0. The summed E-state index contributed by atoms with van der Waals surface area (Å²) < 4.78 is 10.8. The van der Waals surface area contributed by atoms with E-state index in [0.29, 0.717) is 13.2 Å². The van der Waals surface area contributed by atoms with Crippen molar-refractivity contribution in [3.8, 4) is 0 Å². The molecule has 2 rings (SSSR count). The zero-order valence-corrected chi connectivity index (χ0v) is 6.43. The summed E-state index contributed by atoms with van der Waals surface area (Å²) in [6, 6.07) is 0. The highest BCUT2D eigenvalue weighted by atomic mass is 16.6. The van der Waals surface area contributed by atoms with E-state index < -0.39 is 6.23 Å². The average Bonchev–Trinajstić information content (AvgIpc) is 2.37. The first-order valence-electron chi connectivity index (χ1n) is 3.98. The van der Waals surface area contributed by atoms with Crippen molar-refractivity contribution in [1.29, 1.82) is 0 Å². The van der Waals surface area contributed by atoms with Gasteiger partial charge in [-0.3, -0.25) is 0 Å². The van der Waals surface area contributed by atoms with Crippen molar-refractivity contribution in [2.24, 2.45) is 0 Å². The maximum absolute atomic E-state index is 7.39. The molecule has 0 aromatic heterocycles. The van der Waals surface area contributed by atoms with E-state index in [4.69, 9.17) is 15.2 Å². The molecule has 2 N–H and O–H groups in total. The van der Waals surface area contributed by atoms with Crippen LogP contribution in [0.15, 0.2) is 0 Å². The molecule has 2 aliphatic heterocycles. The predicted molar refractivity (Wildman–Crippen MR) is 39.0 cm³/mol. The van der Waals surface area contributed by atoms with Crippen LogP contribution in [0.4, 0.5) is 0 Å². The lowest BCUT2D eigenvalue weighted by atomic mass is 10.0. The summed E-state index contributed by atoms with van der Waals surface area (Å²) in [4.78, 5) is 0. The van der Waals surface area contributed by atoms with Crippen molar-refractivity contribution in [2.75, 3.05) is 26.3 Å². The summed E-state index contributed by atoms with van der Waals surface area (Å²) in [6.07, 6.45) is 0.492. The van der Waals surface area contributed by atoms with Crippen LogP contribution in [0, 0.1) is 0 Å². The summed E-state index contributed by atoms with van der Waals surface area (Å²) in [5.74, 6) is 0. The van der Waals surface area contributed by atoms with E-state index >= 15 is 0 Å². The van der Waals surface area contributed by atoms with Crippen LogP contribution in [-0.2, 0) is 9.47 Å². The van der Waals surface area contributed by atoms with E-state index in [2.05, 4.69) is 5.32 Å². The second-order valence-corrected chi connectivity index (χ2v) is 3.23. The zero-order chi connectivity index (χ0) is 7.73. The standard InChI is InChI=1S/C7H13N2O2/c8-6-3-10-5-7(11-6)1-2-9-4-7/h6,8-9H,1-5H2. The van der Waals surface area contributed by atoms with Gasteiger partial charge in [0.25, 0.3) is 0 Å². The Morgan fingerprint density at radius 1 is 1.55 bits per heavy atom. The SMILES string of the molecule is [NH]C1COCC2(CCNC2)O1. The number of nitrogens with one attached hydrogen (secondary N) is 2. The van der Waals surface area contributed by atoms with Crippen molar-refractivity contribution in [3.63, 3.8) is 0 Å². The lowest BCUT2D eigenvalue weighted by Crippen LogP contribution is -2.49. The molecule has 0 aromatic carbocycles. The van der Waals surface area contributed by atoms with E-state index in [-0.39, 0.29) is 5.60 Å². The fourth-order valence-corrected chi connectivity index (χ4v) is 1.67. The molecule has 0 bridgehead atoms. The third-order valence-electron chi connectivity index (χ3n) is 2.23. The Bertz CT molecular complexity index is 145. The molecule has 63 valence electrons. The molecule has 2 heterocycles. The van der Waals surface area contributed by atoms with Crippen LogP contribution in [0.1, 0.15) is 6.42 Å². The normalized spacial score (nSPS) is 45.0. The van der Waals surface area contributed by atoms with E-state index in [0.717, 1.165) is 19.5 Å². The minimum atomic E-state index is -0.483. The van der Waals surface area contributed by atoms with Crippen molar-refractivity contribution in [2.45, 2.75) is 18.2 Å². The fourth-order valence-electron chi connectivity index (χ4n) is 1.67. The Hall–Kier alpha value is -0.160. The minimum absolute atomic E-state index is 0.176. The Morgan fingerprint density at radius 2 is 2.45 bits per heavy atom. The molecule has 1 spiro atoms. The number of hydrogen-bond donors (Lipinski definition) is 1. The first-order chi connectivity index (χ1) is 5.31. The summed E-state index contributed by atoms with van der Waals surface area (Å²) in [6.45, 7) is 2.88. The van der Waals surface area contributed by atoms with E-state index in [1.807, 2.05) is 0 Å². The lowest BCUT2D eigenvalue weighted by Gasteiger charge is -2.35. The molecule has 0 saturated carbocycles. The van der Waals surface area contributed by atoms with E-state index in [1.54, 1.807) is 0 Å². The molecule has 2 unspecified atom stereocenters. The summed E-state index contributed by atoms with van der Waals surface area (Å²) in [5, 5.41) is 3.22. The quantitative estimate of drug-likeness (QED) is 0.509.